The van der Waals surface area contributed by atoms with Gasteiger partial charge >= 0.3 is 0 Å². The van der Waals surface area contributed by atoms with Gasteiger partial charge in [0.1, 0.15) is 11.3 Å². The fourth-order valence-electron chi connectivity index (χ4n) is 1.56. The molecular weight excluding hydrogens is 174 g/mol. The van der Waals surface area contributed by atoms with Gasteiger partial charge < -0.3 is 4.74 Å². The molecule has 0 spiro atoms. The minimum absolute atomic E-state index is 0.675. The van der Waals surface area contributed by atoms with Gasteiger partial charge in [-0.3, -0.25) is 4.98 Å². The Morgan fingerprint density at radius 3 is 2.93 bits per heavy atom. The summed E-state index contributed by atoms with van der Waals surface area (Å²) >= 11 is 0. The first kappa shape index (κ1) is 9.00. The molecule has 0 atom stereocenters. The average Bonchev–Trinajstić information content (AvgIpc) is 2.20. The van der Waals surface area contributed by atoms with Crippen molar-refractivity contribution in [3.8, 4) is 5.75 Å². The quantitative estimate of drug-likeness (QED) is 0.721. The van der Waals surface area contributed by atoms with Gasteiger partial charge in [0.15, 0.2) is 0 Å². The molecule has 1 heterocycles. The number of aromatic nitrogens is 1. The van der Waals surface area contributed by atoms with E-state index in [1.807, 2.05) is 31.3 Å². The van der Waals surface area contributed by atoms with Crippen LogP contribution in [-0.4, -0.2) is 11.6 Å². The highest BCUT2D eigenvalue weighted by Gasteiger charge is 2.03. The van der Waals surface area contributed by atoms with Crippen LogP contribution in [0.1, 0.15) is 12.5 Å². The highest BCUT2D eigenvalue weighted by Crippen LogP contribution is 2.25. The summed E-state index contributed by atoms with van der Waals surface area (Å²) in [5.74, 6) is 0.869. The Bertz CT molecular complexity index is 451. The van der Waals surface area contributed by atoms with Crippen molar-refractivity contribution in [1.29, 1.82) is 0 Å². The van der Waals surface area contributed by atoms with Gasteiger partial charge in [0.2, 0.25) is 0 Å². The summed E-state index contributed by atoms with van der Waals surface area (Å²) < 4.78 is 5.51. The van der Waals surface area contributed by atoms with Crippen molar-refractivity contribution in [3.63, 3.8) is 0 Å². The molecule has 0 bridgehead atoms. The Balaban J connectivity index is 2.68. The Hall–Kier alpha value is -1.57. The molecule has 0 fully saturated rings. The molecule has 0 amide bonds. The smallest absolute Gasteiger partial charge is 0.145 e. The number of benzene rings is 1. The van der Waals surface area contributed by atoms with Gasteiger partial charge in [-0.2, -0.15) is 0 Å². The monoisotopic (exact) mass is 187 g/mol. The maximum atomic E-state index is 5.51. The Kier molecular flexibility index (Phi) is 2.35. The fourth-order valence-corrected chi connectivity index (χ4v) is 1.56. The molecule has 0 saturated carbocycles. The molecule has 0 aliphatic rings. The highest BCUT2D eigenvalue weighted by molar-refractivity contribution is 5.86. The predicted molar refractivity (Wildman–Crippen MR) is 57.6 cm³/mol. The summed E-state index contributed by atoms with van der Waals surface area (Å²) in [5.41, 5.74) is 2.19. The number of hydrogen-bond acceptors (Lipinski definition) is 2. The molecule has 14 heavy (non-hydrogen) atoms. The third-order valence-electron chi connectivity index (χ3n) is 2.25. The van der Waals surface area contributed by atoms with Crippen LogP contribution in [-0.2, 0) is 0 Å². The number of fused-ring (bicyclic) bond motifs is 1. The predicted octanol–water partition coefficient (Wildman–Crippen LogP) is 2.94. The lowest BCUT2D eigenvalue weighted by atomic mass is 10.1. The lowest BCUT2D eigenvalue weighted by molar-refractivity contribution is 0.343. The van der Waals surface area contributed by atoms with E-state index in [2.05, 4.69) is 18.0 Å². The van der Waals surface area contributed by atoms with E-state index >= 15 is 0 Å². The van der Waals surface area contributed by atoms with Crippen LogP contribution in [0.4, 0.5) is 0 Å². The first-order chi connectivity index (χ1) is 6.83. The Labute approximate surface area is 83.5 Å². The molecule has 72 valence electrons. The third-order valence-corrected chi connectivity index (χ3v) is 2.25. The van der Waals surface area contributed by atoms with Gasteiger partial charge in [-0.15, -0.1) is 0 Å². The lowest BCUT2D eigenvalue weighted by Gasteiger charge is -2.07. The first-order valence-electron chi connectivity index (χ1n) is 4.80. The van der Waals surface area contributed by atoms with Crippen molar-refractivity contribution in [2.45, 2.75) is 13.8 Å². The third kappa shape index (κ3) is 1.43. The molecule has 0 aliphatic heterocycles. The van der Waals surface area contributed by atoms with E-state index in [4.69, 9.17) is 4.74 Å². The molecule has 0 radical (unpaired) electrons. The van der Waals surface area contributed by atoms with Crippen LogP contribution in [0.2, 0.25) is 0 Å². The fraction of sp³-hybridized carbons (Fsp3) is 0.250. The Morgan fingerprint density at radius 1 is 1.29 bits per heavy atom. The molecule has 0 aliphatic carbocycles. The summed E-state index contributed by atoms with van der Waals surface area (Å²) in [5, 5.41) is 1.17. The highest BCUT2D eigenvalue weighted by atomic mass is 16.5. The van der Waals surface area contributed by atoms with E-state index in [-0.39, 0.29) is 0 Å². The van der Waals surface area contributed by atoms with E-state index in [1.165, 1.54) is 10.9 Å². The molecule has 0 N–H and O–H groups in total. The van der Waals surface area contributed by atoms with Crippen molar-refractivity contribution in [1.82, 2.24) is 4.98 Å². The summed E-state index contributed by atoms with van der Waals surface area (Å²) in [6, 6.07) is 8.04. The molecule has 2 nitrogen and oxygen atoms in total. The van der Waals surface area contributed by atoms with Crippen LogP contribution in [0, 0.1) is 6.92 Å². The van der Waals surface area contributed by atoms with E-state index in [1.54, 1.807) is 0 Å². The van der Waals surface area contributed by atoms with Gasteiger partial charge in [0, 0.05) is 11.6 Å². The SMILES string of the molecule is CCOc1cccc2c(C)ccnc12. The van der Waals surface area contributed by atoms with Gasteiger partial charge in [0.05, 0.1) is 6.61 Å². The molecule has 0 unspecified atom stereocenters. The van der Waals surface area contributed by atoms with Crippen molar-refractivity contribution >= 4 is 10.9 Å². The number of aryl methyl sites for hydroxylation is 1. The van der Waals surface area contributed by atoms with Crippen LogP contribution in [0.25, 0.3) is 10.9 Å². The lowest BCUT2D eigenvalue weighted by Crippen LogP contribution is -1.93. The molecular formula is C12H13NO. The van der Waals surface area contributed by atoms with Gasteiger partial charge in [-0.1, -0.05) is 12.1 Å². The van der Waals surface area contributed by atoms with Gasteiger partial charge in [0.25, 0.3) is 0 Å². The van der Waals surface area contributed by atoms with Crippen molar-refractivity contribution in [2.24, 2.45) is 0 Å². The second-order valence-electron chi connectivity index (χ2n) is 3.21. The second kappa shape index (κ2) is 3.66. The average molecular weight is 187 g/mol. The minimum Gasteiger partial charge on any atom is -0.492 e. The van der Waals surface area contributed by atoms with Crippen LogP contribution >= 0.6 is 0 Å². The van der Waals surface area contributed by atoms with Crippen LogP contribution in [0.15, 0.2) is 30.5 Å². The largest absolute Gasteiger partial charge is 0.492 e. The number of pyridine rings is 1. The van der Waals surface area contributed by atoms with E-state index < -0.39 is 0 Å². The molecule has 1 aromatic heterocycles. The molecule has 0 saturated heterocycles. The number of para-hydroxylation sites is 1. The molecule has 2 rings (SSSR count). The second-order valence-corrected chi connectivity index (χ2v) is 3.21. The van der Waals surface area contributed by atoms with Gasteiger partial charge in [-0.05, 0) is 31.5 Å². The number of ether oxygens (including phenoxy) is 1. The van der Waals surface area contributed by atoms with Crippen molar-refractivity contribution in [3.05, 3.63) is 36.0 Å². The maximum Gasteiger partial charge on any atom is 0.145 e. The normalized spacial score (nSPS) is 10.4. The molecule has 2 aromatic rings. The summed E-state index contributed by atoms with van der Waals surface area (Å²) in [7, 11) is 0. The minimum atomic E-state index is 0.675. The zero-order valence-corrected chi connectivity index (χ0v) is 8.45. The summed E-state index contributed by atoms with van der Waals surface area (Å²) in [4.78, 5) is 4.34. The zero-order chi connectivity index (χ0) is 9.97. The maximum absolute atomic E-state index is 5.51. The van der Waals surface area contributed by atoms with Gasteiger partial charge in [-0.25, -0.2) is 0 Å². The number of hydrogen-bond donors (Lipinski definition) is 0. The van der Waals surface area contributed by atoms with Crippen LogP contribution in [0.5, 0.6) is 5.75 Å². The number of rotatable bonds is 2. The van der Waals surface area contributed by atoms with E-state index in [0.717, 1.165) is 11.3 Å². The first-order valence-corrected chi connectivity index (χ1v) is 4.80. The van der Waals surface area contributed by atoms with E-state index in [9.17, 15) is 0 Å². The number of nitrogens with zero attached hydrogens (tertiary/aromatic N) is 1. The topological polar surface area (TPSA) is 22.1 Å². The van der Waals surface area contributed by atoms with Crippen molar-refractivity contribution in [2.75, 3.05) is 6.61 Å². The standard InChI is InChI=1S/C12H13NO/c1-3-14-11-6-4-5-10-9(2)7-8-13-12(10)11/h4-8H,3H2,1-2H3. The Morgan fingerprint density at radius 2 is 2.14 bits per heavy atom. The zero-order valence-electron chi connectivity index (χ0n) is 8.45. The summed E-state index contributed by atoms with van der Waals surface area (Å²) in [6.45, 7) is 4.74. The molecule has 1 aromatic carbocycles. The van der Waals surface area contributed by atoms with E-state index in [0.29, 0.717) is 6.61 Å². The van der Waals surface area contributed by atoms with Crippen LogP contribution in [0.3, 0.4) is 0 Å². The van der Waals surface area contributed by atoms with Crippen molar-refractivity contribution < 1.29 is 4.74 Å². The molecule has 2 heteroatoms. The summed E-state index contributed by atoms with van der Waals surface area (Å²) in [6.07, 6.45) is 1.82. The van der Waals surface area contributed by atoms with Crippen LogP contribution < -0.4 is 4.74 Å².